The summed E-state index contributed by atoms with van der Waals surface area (Å²) in [7, 11) is 0. The SMILES string of the molecule is CCC1CCC(Oc2ccc3cc(CCN4C5CCCC4CC(C(=O)O)C5)ccc3c2Cl)CC1. The maximum absolute atomic E-state index is 11.5. The Morgan fingerprint density at radius 2 is 1.79 bits per heavy atom. The number of nitrogens with zero attached hydrogens (tertiary/aromatic N) is 1. The maximum atomic E-state index is 11.5. The van der Waals surface area contributed by atoms with E-state index < -0.39 is 5.97 Å². The highest BCUT2D eigenvalue weighted by molar-refractivity contribution is 6.37. The first-order valence-corrected chi connectivity index (χ1v) is 13.8. The van der Waals surface area contributed by atoms with Crippen LogP contribution in [0.5, 0.6) is 5.75 Å². The van der Waals surface area contributed by atoms with Crippen LogP contribution in [-0.2, 0) is 11.2 Å². The molecule has 2 aliphatic heterocycles. The summed E-state index contributed by atoms with van der Waals surface area (Å²) in [6.07, 6.45) is 12.4. The molecule has 4 nitrogen and oxygen atoms in total. The second kappa shape index (κ2) is 10.5. The summed E-state index contributed by atoms with van der Waals surface area (Å²) in [5.41, 5.74) is 1.31. The number of aliphatic carboxylic acids is 1. The van der Waals surface area contributed by atoms with E-state index in [1.54, 1.807) is 0 Å². The van der Waals surface area contributed by atoms with Crippen molar-refractivity contribution in [2.45, 2.75) is 95.7 Å². The first-order valence-electron chi connectivity index (χ1n) is 13.4. The Hall–Kier alpha value is -1.78. The molecule has 1 saturated carbocycles. The van der Waals surface area contributed by atoms with Crippen molar-refractivity contribution in [1.29, 1.82) is 0 Å². The van der Waals surface area contributed by atoms with Gasteiger partial charge in [-0.25, -0.2) is 0 Å². The van der Waals surface area contributed by atoms with Gasteiger partial charge in [0.25, 0.3) is 0 Å². The predicted molar refractivity (Wildman–Crippen MR) is 138 cm³/mol. The van der Waals surface area contributed by atoms with Gasteiger partial charge in [-0.2, -0.15) is 0 Å². The van der Waals surface area contributed by atoms with Gasteiger partial charge in [-0.05, 0) is 80.7 Å². The van der Waals surface area contributed by atoms with E-state index in [-0.39, 0.29) is 12.0 Å². The van der Waals surface area contributed by atoms with Crippen LogP contribution in [0.25, 0.3) is 10.8 Å². The average Bonchev–Trinajstić information content (AvgIpc) is 2.84. The second-order valence-corrected chi connectivity index (χ2v) is 11.2. The highest BCUT2D eigenvalue weighted by Crippen LogP contribution is 2.38. The molecule has 0 spiro atoms. The predicted octanol–water partition coefficient (Wildman–Crippen LogP) is 7.10. The van der Waals surface area contributed by atoms with Crippen LogP contribution in [0.1, 0.15) is 76.7 Å². The van der Waals surface area contributed by atoms with Gasteiger partial charge in [-0.15, -0.1) is 0 Å². The zero-order valence-electron chi connectivity index (χ0n) is 20.3. The van der Waals surface area contributed by atoms with Gasteiger partial charge in [-0.1, -0.05) is 55.6 Å². The third kappa shape index (κ3) is 5.09. The minimum atomic E-state index is -0.611. The summed E-state index contributed by atoms with van der Waals surface area (Å²) in [5, 5.41) is 12.5. The number of hydrogen-bond donors (Lipinski definition) is 1. The smallest absolute Gasteiger partial charge is 0.306 e. The number of rotatable bonds is 7. The van der Waals surface area contributed by atoms with E-state index in [0.29, 0.717) is 12.1 Å². The van der Waals surface area contributed by atoms with Crippen LogP contribution >= 0.6 is 11.6 Å². The van der Waals surface area contributed by atoms with Crippen LogP contribution in [0.4, 0.5) is 0 Å². The van der Waals surface area contributed by atoms with Gasteiger partial charge in [0.2, 0.25) is 0 Å². The van der Waals surface area contributed by atoms with Crippen molar-refractivity contribution < 1.29 is 14.6 Å². The highest BCUT2D eigenvalue weighted by Gasteiger charge is 2.40. The summed E-state index contributed by atoms with van der Waals surface area (Å²) in [4.78, 5) is 14.1. The quantitative estimate of drug-likeness (QED) is 0.456. The van der Waals surface area contributed by atoms with E-state index in [9.17, 15) is 9.90 Å². The number of carbonyl (C=O) groups is 1. The van der Waals surface area contributed by atoms with Gasteiger partial charge in [0.05, 0.1) is 17.0 Å². The molecule has 2 aromatic rings. The Balaban J connectivity index is 1.23. The molecule has 2 bridgehead atoms. The minimum absolute atomic E-state index is 0.160. The van der Waals surface area contributed by atoms with E-state index in [1.165, 1.54) is 31.2 Å². The summed E-state index contributed by atoms with van der Waals surface area (Å²) in [6.45, 7) is 3.29. The molecule has 5 heteroatoms. The van der Waals surface area contributed by atoms with Crippen molar-refractivity contribution in [3.8, 4) is 5.75 Å². The fraction of sp³-hybridized carbons (Fsp3) is 0.621. The van der Waals surface area contributed by atoms with Crippen LogP contribution in [0, 0.1) is 11.8 Å². The Kier molecular flexibility index (Phi) is 7.36. The number of piperidine rings is 2. The fourth-order valence-electron chi connectivity index (χ4n) is 6.71. The summed E-state index contributed by atoms with van der Waals surface area (Å²) in [6, 6.07) is 11.6. The van der Waals surface area contributed by atoms with Crippen molar-refractivity contribution in [3.63, 3.8) is 0 Å². The lowest BCUT2D eigenvalue weighted by Gasteiger charge is -2.48. The molecule has 1 N–H and O–H groups in total. The zero-order valence-corrected chi connectivity index (χ0v) is 21.1. The molecule has 3 fully saturated rings. The largest absolute Gasteiger partial charge is 0.489 e. The molecule has 0 radical (unpaired) electrons. The minimum Gasteiger partial charge on any atom is -0.489 e. The third-order valence-corrected chi connectivity index (χ3v) is 9.17. The summed E-state index contributed by atoms with van der Waals surface area (Å²) < 4.78 is 6.33. The van der Waals surface area contributed by atoms with Gasteiger partial charge >= 0.3 is 5.97 Å². The number of benzene rings is 2. The van der Waals surface area contributed by atoms with Crippen molar-refractivity contribution in [1.82, 2.24) is 4.90 Å². The van der Waals surface area contributed by atoms with Crippen LogP contribution in [-0.4, -0.2) is 40.7 Å². The van der Waals surface area contributed by atoms with Crippen molar-refractivity contribution in [2.24, 2.45) is 11.8 Å². The number of carboxylic acid groups (broad SMARTS) is 1. The van der Waals surface area contributed by atoms with E-state index in [2.05, 4.69) is 36.1 Å². The fourth-order valence-corrected chi connectivity index (χ4v) is 6.99. The number of halogens is 1. The standard InChI is InChI=1S/C29H38ClNO3/c1-2-19-6-10-25(11-7-19)34-27-13-9-21-16-20(8-12-26(21)28(27)30)14-15-31-23-4-3-5-24(31)18-22(17-23)29(32)33/h8-9,12-13,16,19,22-25H,2-7,10-11,14-15,17-18H2,1H3,(H,32,33). The molecule has 5 rings (SSSR count). The number of ether oxygens (including phenoxy) is 1. The molecule has 2 aromatic carbocycles. The molecule has 1 aliphatic carbocycles. The van der Waals surface area contributed by atoms with Crippen LogP contribution in [0.3, 0.4) is 0 Å². The molecule has 34 heavy (non-hydrogen) atoms. The van der Waals surface area contributed by atoms with Gasteiger partial charge < -0.3 is 9.84 Å². The van der Waals surface area contributed by atoms with Gasteiger partial charge in [-0.3, -0.25) is 9.69 Å². The first-order chi connectivity index (χ1) is 16.5. The Morgan fingerprint density at radius 1 is 1.06 bits per heavy atom. The number of fused-ring (bicyclic) bond motifs is 3. The van der Waals surface area contributed by atoms with E-state index in [1.807, 2.05) is 6.07 Å². The van der Waals surface area contributed by atoms with Crippen LogP contribution in [0.2, 0.25) is 5.02 Å². The van der Waals surface area contributed by atoms with Crippen LogP contribution in [0.15, 0.2) is 30.3 Å². The molecule has 2 unspecified atom stereocenters. The molecular formula is C29H38ClNO3. The second-order valence-electron chi connectivity index (χ2n) is 10.8. The highest BCUT2D eigenvalue weighted by atomic mass is 35.5. The Bertz CT molecular complexity index is 1000. The van der Waals surface area contributed by atoms with E-state index >= 15 is 0 Å². The third-order valence-electron chi connectivity index (χ3n) is 8.78. The molecule has 2 saturated heterocycles. The zero-order chi connectivity index (χ0) is 23.7. The van der Waals surface area contributed by atoms with Crippen molar-refractivity contribution >= 4 is 28.3 Å². The molecule has 0 amide bonds. The Labute approximate surface area is 208 Å². The maximum Gasteiger partial charge on any atom is 0.306 e. The van der Waals surface area contributed by atoms with Crippen molar-refractivity contribution in [3.05, 3.63) is 40.9 Å². The van der Waals surface area contributed by atoms with Crippen molar-refractivity contribution in [2.75, 3.05) is 6.54 Å². The van der Waals surface area contributed by atoms with Gasteiger partial charge in [0.1, 0.15) is 5.75 Å². The molecule has 3 aliphatic rings. The lowest BCUT2D eigenvalue weighted by Crippen LogP contribution is -2.53. The summed E-state index contributed by atoms with van der Waals surface area (Å²) >= 11 is 6.79. The summed E-state index contributed by atoms with van der Waals surface area (Å²) in [5.74, 6) is 0.900. The van der Waals surface area contributed by atoms with Crippen LogP contribution < -0.4 is 4.74 Å². The van der Waals surface area contributed by atoms with Gasteiger partial charge in [0, 0.05) is 24.0 Å². The topological polar surface area (TPSA) is 49.8 Å². The monoisotopic (exact) mass is 483 g/mol. The molecular weight excluding hydrogens is 446 g/mol. The number of carboxylic acids is 1. The van der Waals surface area contributed by atoms with E-state index in [4.69, 9.17) is 16.3 Å². The molecule has 0 aromatic heterocycles. The van der Waals surface area contributed by atoms with Gasteiger partial charge in [0.15, 0.2) is 0 Å². The normalized spacial score (nSPS) is 29.8. The molecule has 2 atom stereocenters. The molecule has 184 valence electrons. The first kappa shape index (κ1) is 23.9. The number of hydrogen-bond acceptors (Lipinski definition) is 3. The van der Waals surface area contributed by atoms with E-state index in [0.717, 1.165) is 79.0 Å². The lowest BCUT2D eigenvalue weighted by atomic mass is 9.78. The average molecular weight is 484 g/mol. The molecule has 2 heterocycles. The lowest BCUT2D eigenvalue weighted by molar-refractivity contribution is -0.146. The Morgan fingerprint density at radius 3 is 2.47 bits per heavy atom.